The largest absolute Gasteiger partial charge is 0.368 e. The standard InChI is InChI=1S/C33H40ClN7O3/c1-4-26(42)39-17-32(18-39)14-22(15-32)41-21(3)27(28-23-16-35-36-24(23)13-20(2)29(28)34)30(37-41)40-11-10-38(19-33(40)8-6-9-33)31(43)25-7-5-12-44-25/h4,13,16,22,25H,1,5-12,14-15,17-19H2,2-3H3,(H,35,36)/t25-/m0/s1. The number of piperazine rings is 1. The second-order valence-electron chi connectivity index (χ2n) is 13.9. The summed E-state index contributed by atoms with van der Waals surface area (Å²) in [5.41, 5.74) is 5.10. The van der Waals surface area contributed by atoms with Crippen LogP contribution in [0.4, 0.5) is 5.82 Å². The predicted molar refractivity (Wildman–Crippen MR) is 169 cm³/mol. The maximum absolute atomic E-state index is 13.4. The number of rotatable bonds is 5. The van der Waals surface area contributed by atoms with Crippen molar-refractivity contribution in [1.29, 1.82) is 0 Å². The highest BCUT2D eigenvalue weighted by Gasteiger charge is 2.55. The van der Waals surface area contributed by atoms with Gasteiger partial charge >= 0.3 is 0 Å². The molecule has 0 radical (unpaired) electrons. The summed E-state index contributed by atoms with van der Waals surface area (Å²) in [7, 11) is 0. The van der Waals surface area contributed by atoms with Crippen LogP contribution in [0.3, 0.4) is 0 Å². The third-order valence-corrected chi connectivity index (χ3v) is 11.7. The van der Waals surface area contributed by atoms with Gasteiger partial charge in [-0.3, -0.25) is 19.4 Å². The van der Waals surface area contributed by atoms with E-state index in [1.54, 1.807) is 0 Å². The van der Waals surface area contributed by atoms with Crippen molar-refractivity contribution in [1.82, 2.24) is 29.8 Å². The molecule has 5 aliphatic rings. The molecule has 2 aliphatic carbocycles. The number of amides is 2. The van der Waals surface area contributed by atoms with Crippen LogP contribution >= 0.6 is 11.6 Å². The summed E-state index contributed by atoms with van der Waals surface area (Å²) in [6.45, 7) is 12.2. The predicted octanol–water partition coefficient (Wildman–Crippen LogP) is 4.80. The average molecular weight is 618 g/mol. The van der Waals surface area contributed by atoms with E-state index in [9.17, 15) is 9.59 Å². The molecule has 1 atom stereocenters. The summed E-state index contributed by atoms with van der Waals surface area (Å²) in [5, 5.41) is 14.7. The van der Waals surface area contributed by atoms with Crippen LogP contribution in [0.25, 0.3) is 22.0 Å². The Morgan fingerprint density at radius 3 is 2.59 bits per heavy atom. The van der Waals surface area contributed by atoms with Gasteiger partial charge in [0.05, 0.1) is 28.3 Å². The van der Waals surface area contributed by atoms with Gasteiger partial charge in [-0.15, -0.1) is 0 Å². The van der Waals surface area contributed by atoms with Crippen molar-refractivity contribution in [2.45, 2.75) is 76.5 Å². The van der Waals surface area contributed by atoms with E-state index in [2.05, 4.69) is 39.3 Å². The fourth-order valence-electron chi connectivity index (χ4n) is 8.69. The molecule has 10 nitrogen and oxygen atoms in total. The zero-order valence-corrected chi connectivity index (χ0v) is 26.3. The molecule has 5 heterocycles. The van der Waals surface area contributed by atoms with E-state index < -0.39 is 0 Å². The molecular weight excluding hydrogens is 578 g/mol. The normalized spacial score (nSPS) is 24.1. The number of ether oxygens (including phenoxy) is 1. The maximum Gasteiger partial charge on any atom is 0.251 e. The van der Waals surface area contributed by atoms with E-state index in [0.29, 0.717) is 26.2 Å². The molecular formula is C33H40ClN7O3. The minimum absolute atomic E-state index is 0.0139. The number of hydrogen-bond donors (Lipinski definition) is 1. The quantitative estimate of drug-likeness (QED) is 0.413. The molecule has 44 heavy (non-hydrogen) atoms. The van der Waals surface area contributed by atoms with Crippen LogP contribution in [0.5, 0.6) is 0 Å². The Hall–Kier alpha value is -3.37. The number of nitrogens with zero attached hydrogens (tertiary/aromatic N) is 6. The van der Waals surface area contributed by atoms with Crippen molar-refractivity contribution in [3.63, 3.8) is 0 Å². The zero-order chi connectivity index (χ0) is 30.4. The maximum atomic E-state index is 13.4. The van der Waals surface area contributed by atoms with E-state index >= 15 is 0 Å². The van der Waals surface area contributed by atoms with Gasteiger partial charge in [0.15, 0.2) is 5.82 Å². The van der Waals surface area contributed by atoms with E-state index in [0.717, 1.165) is 102 Å². The first-order chi connectivity index (χ1) is 21.2. The molecule has 8 rings (SSSR count). The van der Waals surface area contributed by atoms with Crippen molar-refractivity contribution in [2.75, 3.05) is 44.2 Å². The number of fused-ring (bicyclic) bond motifs is 1. The molecule has 3 aliphatic heterocycles. The molecule has 3 aromatic rings. The van der Waals surface area contributed by atoms with Crippen molar-refractivity contribution >= 4 is 40.1 Å². The Bertz CT molecular complexity index is 1670. The summed E-state index contributed by atoms with van der Waals surface area (Å²) in [4.78, 5) is 32.0. The van der Waals surface area contributed by atoms with Gasteiger partial charge in [0, 0.05) is 67.0 Å². The molecule has 0 unspecified atom stereocenters. The number of likely N-dealkylation sites (tertiary alicyclic amines) is 1. The molecule has 1 N–H and O–H groups in total. The second-order valence-corrected chi connectivity index (χ2v) is 14.3. The van der Waals surface area contributed by atoms with Gasteiger partial charge in [-0.25, -0.2) is 0 Å². The van der Waals surface area contributed by atoms with Crippen molar-refractivity contribution in [2.24, 2.45) is 5.41 Å². The highest BCUT2D eigenvalue weighted by Crippen LogP contribution is 2.56. The number of halogens is 1. The number of hydrogen-bond acceptors (Lipinski definition) is 6. The number of carbonyl (C=O) groups is 2. The summed E-state index contributed by atoms with van der Waals surface area (Å²) >= 11 is 7.17. The molecule has 2 aromatic heterocycles. The molecule has 3 saturated heterocycles. The Balaban J connectivity index is 1.18. The van der Waals surface area contributed by atoms with E-state index in [1.807, 2.05) is 22.9 Å². The summed E-state index contributed by atoms with van der Waals surface area (Å²) in [5.74, 6) is 1.11. The SMILES string of the molecule is C=CC(=O)N1CC2(CC(n3nc(N4CCN(C(=O)[C@@H]5CCCO5)CC45CCC5)c(-c4c(Cl)c(C)cc5[nH]ncc45)c3C)C2)C1. The fourth-order valence-corrected chi connectivity index (χ4v) is 8.94. The Kier molecular flexibility index (Phi) is 6.44. The van der Waals surface area contributed by atoms with Gasteiger partial charge in [0.25, 0.3) is 5.91 Å². The topological polar surface area (TPSA) is 99.6 Å². The van der Waals surface area contributed by atoms with Crippen LogP contribution in [-0.4, -0.2) is 92.6 Å². The summed E-state index contributed by atoms with van der Waals surface area (Å²) in [6, 6.07) is 2.31. The van der Waals surface area contributed by atoms with Crippen LogP contribution in [0.1, 0.15) is 62.2 Å². The van der Waals surface area contributed by atoms with E-state index in [4.69, 9.17) is 21.4 Å². The lowest BCUT2D eigenvalue weighted by Crippen LogP contribution is -2.67. The Labute approximate surface area is 262 Å². The second kappa shape index (κ2) is 10.1. The van der Waals surface area contributed by atoms with Gasteiger partial charge in [0.1, 0.15) is 6.10 Å². The van der Waals surface area contributed by atoms with Gasteiger partial charge in [0.2, 0.25) is 5.91 Å². The number of H-pyrrole nitrogens is 1. The van der Waals surface area contributed by atoms with Crippen LogP contribution in [0.15, 0.2) is 24.9 Å². The first-order valence-corrected chi connectivity index (χ1v) is 16.4. The highest BCUT2D eigenvalue weighted by molar-refractivity contribution is 6.36. The number of aromatic nitrogens is 4. The van der Waals surface area contributed by atoms with Gasteiger partial charge in [-0.1, -0.05) is 18.2 Å². The van der Waals surface area contributed by atoms with Crippen LogP contribution in [0.2, 0.25) is 5.02 Å². The third-order valence-electron chi connectivity index (χ3n) is 11.2. The highest BCUT2D eigenvalue weighted by atomic mass is 35.5. The number of carbonyl (C=O) groups excluding carboxylic acids is 2. The number of nitrogens with one attached hydrogen (secondary N) is 1. The Morgan fingerprint density at radius 1 is 1.11 bits per heavy atom. The number of anilines is 1. The van der Waals surface area contributed by atoms with E-state index in [-0.39, 0.29) is 34.9 Å². The first-order valence-electron chi connectivity index (χ1n) is 16.0. The number of aryl methyl sites for hydroxylation is 1. The fraction of sp³-hybridized carbons (Fsp3) is 0.576. The molecule has 232 valence electrons. The third kappa shape index (κ3) is 4.09. The first kappa shape index (κ1) is 28.1. The lowest BCUT2D eigenvalue weighted by molar-refractivity contribution is -0.149. The molecule has 2 amide bonds. The molecule has 0 bridgehead atoms. The van der Waals surface area contributed by atoms with Crippen LogP contribution in [0, 0.1) is 19.3 Å². The minimum atomic E-state index is -0.300. The lowest BCUT2D eigenvalue weighted by atomic mass is 9.60. The lowest BCUT2D eigenvalue weighted by Gasteiger charge is -2.59. The molecule has 2 spiro atoms. The van der Waals surface area contributed by atoms with Crippen LogP contribution in [-0.2, 0) is 14.3 Å². The van der Waals surface area contributed by atoms with Gasteiger partial charge in [-0.2, -0.15) is 10.2 Å². The van der Waals surface area contributed by atoms with Crippen molar-refractivity contribution < 1.29 is 14.3 Å². The van der Waals surface area contributed by atoms with Crippen molar-refractivity contribution in [3.05, 3.63) is 41.2 Å². The molecule has 1 aromatic carbocycles. The minimum Gasteiger partial charge on any atom is -0.368 e. The molecule has 2 saturated carbocycles. The van der Waals surface area contributed by atoms with Crippen molar-refractivity contribution in [3.8, 4) is 11.1 Å². The summed E-state index contributed by atoms with van der Waals surface area (Å²) < 4.78 is 8.02. The van der Waals surface area contributed by atoms with Gasteiger partial charge in [-0.05, 0) is 76.5 Å². The monoisotopic (exact) mass is 617 g/mol. The van der Waals surface area contributed by atoms with E-state index in [1.165, 1.54) is 6.08 Å². The molecule has 5 fully saturated rings. The number of aromatic amines is 1. The zero-order valence-electron chi connectivity index (χ0n) is 25.6. The molecule has 11 heteroatoms. The van der Waals surface area contributed by atoms with Crippen LogP contribution < -0.4 is 4.90 Å². The summed E-state index contributed by atoms with van der Waals surface area (Å²) in [6.07, 6.45) is 9.91. The number of benzene rings is 1. The van der Waals surface area contributed by atoms with Gasteiger partial charge < -0.3 is 19.4 Å². The average Bonchev–Trinajstić information content (AvgIpc) is 3.72. The Morgan fingerprint density at radius 2 is 1.91 bits per heavy atom. The smallest absolute Gasteiger partial charge is 0.251 e.